The molecular weight excluding hydrogens is 257 g/mol. The first kappa shape index (κ1) is 14.0. The smallest absolute Gasteiger partial charge is 0.397 e. The van der Waals surface area contributed by atoms with Crippen molar-refractivity contribution < 1.29 is 18.3 Å². The number of nitrogens with zero attached hydrogens (tertiary/aromatic N) is 1. The molecule has 0 aromatic heterocycles. The van der Waals surface area contributed by atoms with E-state index in [0.29, 0.717) is 18.8 Å². The molecule has 0 aliphatic carbocycles. The predicted molar refractivity (Wildman–Crippen MR) is 67.9 cm³/mol. The van der Waals surface area contributed by atoms with E-state index in [1.165, 1.54) is 6.07 Å². The van der Waals surface area contributed by atoms with Gasteiger partial charge in [-0.25, -0.2) is 0 Å². The van der Waals surface area contributed by atoms with Crippen LogP contribution >= 0.6 is 0 Å². The van der Waals surface area contributed by atoms with Gasteiger partial charge in [0.1, 0.15) is 0 Å². The van der Waals surface area contributed by atoms with Crippen LogP contribution in [-0.2, 0) is 6.18 Å². The number of benzene rings is 1. The van der Waals surface area contributed by atoms with E-state index in [2.05, 4.69) is 0 Å². The first-order valence-corrected chi connectivity index (χ1v) is 6.24. The van der Waals surface area contributed by atoms with E-state index in [9.17, 15) is 13.2 Å². The van der Waals surface area contributed by atoms with Gasteiger partial charge in [-0.2, -0.15) is 13.2 Å². The number of hydrogen-bond acceptors (Lipinski definition) is 3. The first-order valence-electron chi connectivity index (χ1n) is 6.24. The van der Waals surface area contributed by atoms with Crippen molar-refractivity contribution in [2.45, 2.75) is 19.0 Å². The monoisotopic (exact) mass is 274 g/mol. The second kappa shape index (κ2) is 5.28. The molecule has 0 radical (unpaired) electrons. The Morgan fingerprint density at radius 1 is 1.26 bits per heavy atom. The van der Waals surface area contributed by atoms with Crippen molar-refractivity contribution in [3.63, 3.8) is 0 Å². The summed E-state index contributed by atoms with van der Waals surface area (Å²) in [6, 6.07) is 3.47. The van der Waals surface area contributed by atoms with Gasteiger partial charge in [0.05, 0.1) is 16.9 Å². The largest absolute Gasteiger partial charge is 0.416 e. The highest BCUT2D eigenvalue weighted by Gasteiger charge is 2.31. The summed E-state index contributed by atoms with van der Waals surface area (Å²) in [5.41, 5.74) is 5.80. The van der Waals surface area contributed by atoms with Crippen molar-refractivity contribution in [1.29, 1.82) is 0 Å². The molecule has 0 unspecified atom stereocenters. The molecule has 6 heteroatoms. The van der Waals surface area contributed by atoms with Crippen LogP contribution in [0.25, 0.3) is 0 Å². The zero-order valence-electron chi connectivity index (χ0n) is 10.5. The Morgan fingerprint density at radius 3 is 2.37 bits per heavy atom. The molecule has 1 saturated heterocycles. The summed E-state index contributed by atoms with van der Waals surface area (Å²) in [6.45, 7) is 1.58. The minimum atomic E-state index is -4.36. The highest BCUT2D eigenvalue weighted by Crippen LogP contribution is 2.35. The van der Waals surface area contributed by atoms with Crippen LogP contribution < -0.4 is 10.6 Å². The maximum absolute atomic E-state index is 12.5. The summed E-state index contributed by atoms with van der Waals surface area (Å²) in [6.07, 6.45) is -2.70. The lowest BCUT2D eigenvalue weighted by Gasteiger charge is -2.33. The molecule has 0 amide bonds. The fourth-order valence-electron chi connectivity index (χ4n) is 2.38. The number of nitrogens with two attached hydrogens (primary N) is 1. The van der Waals surface area contributed by atoms with Crippen molar-refractivity contribution in [3.05, 3.63) is 23.8 Å². The summed E-state index contributed by atoms with van der Waals surface area (Å²) in [5, 5.41) is 9.06. The molecule has 0 bridgehead atoms. The van der Waals surface area contributed by atoms with Gasteiger partial charge in [-0.05, 0) is 37.0 Å². The van der Waals surface area contributed by atoms with Crippen LogP contribution in [0, 0.1) is 5.92 Å². The zero-order chi connectivity index (χ0) is 14.0. The first-order chi connectivity index (χ1) is 8.91. The Morgan fingerprint density at radius 2 is 1.89 bits per heavy atom. The second-order valence-corrected chi connectivity index (χ2v) is 4.88. The number of halogens is 3. The van der Waals surface area contributed by atoms with E-state index < -0.39 is 11.7 Å². The normalized spacial score (nSPS) is 17.8. The van der Waals surface area contributed by atoms with E-state index in [-0.39, 0.29) is 18.2 Å². The zero-order valence-corrected chi connectivity index (χ0v) is 10.5. The van der Waals surface area contributed by atoms with E-state index in [1.807, 2.05) is 4.90 Å². The molecule has 3 N–H and O–H groups in total. The second-order valence-electron chi connectivity index (χ2n) is 4.88. The Bertz CT molecular complexity index is 440. The number of rotatable bonds is 2. The Labute approximate surface area is 109 Å². The van der Waals surface area contributed by atoms with Crippen LogP contribution in [0.2, 0.25) is 0 Å². The van der Waals surface area contributed by atoms with Gasteiger partial charge in [-0.3, -0.25) is 0 Å². The number of hydrogen-bond donors (Lipinski definition) is 2. The summed E-state index contributed by atoms with van der Waals surface area (Å²) < 4.78 is 37.6. The van der Waals surface area contributed by atoms with Gasteiger partial charge < -0.3 is 15.7 Å². The highest BCUT2D eigenvalue weighted by atomic mass is 19.4. The molecule has 0 saturated carbocycles. The molecule has 0 spiro atoms. The van der Waals surface area contributed by atoms with Crippen LogP contribution in [0.4, 0.5) is 24.5 Å². The SMILES string of the molecule is Nc1cc(C(F)(F)F)ccc1N1CCC(CO)CC1. The van der Waals surface area contributed by atoms with Crippen LogP contribution in [0.3, 0.4) is 0 Å². The maximum Gasteiger partial charge on any atom is 0.416 e. The third-order valence-corrected chi connectivity index (χ3v) is 3.57. The lowest BCUT2D eigenvalue weighted by atomic mass is 9.97. The van der Waals surface area contributed by atoms with Gasteiger partial charge in [0.25, 0.3) is 0 Å². The minimum absolute atomic E-state index is 0.150. The van der Waals surface area contributed by atoms with Gasteiger partial charge in [-0.1, -0.05) is 0 Å². The number of aliphatic hydroxyl groups is 1. The molecule has 19 heavy (non-hydrogen) atoms. The molecule has 2 rings (SSSR count). The average molecular weight is 274 g/mol. The molecular formula is C13H17F3N2O. The molecule has 3 nitrogen and oxygen atoms in total. The predicted octanol–water partition coefficient (Wildman–Crippen LogP) is 2.50. The summed E-state index contributed by atoms with van der Waals surface area (Å²) >= 11 is 0. The summed E-state index contributed by atoms with van der Waals surface area (Å²) in [5.74, 6) is 0.284. The summed E-state index contributed by atoms with van der Waals surface area (Å²) in [4.78, 5) is 1.97. The molecule has 106 valence electrons. The van der Waals surface area contributed by atoms with Crippen molar-refractivity contribution in [1.82, 2.24) is 0 Å². The fraction of sp³-hybridized carbons (Fsp3) is 0.538. The molecule has 1 aliphatic rings. The fourth-order valence-corrected chi connectivity index (χ4v) is 2.38. The molecule has 1 aliphatic heterocycles. The third-order valence-electron chi connectivity index (χ3n) is 3.57. The number of alkyl halides is 3. The van der Waals surface area contributed by atoms with Gasteiger partial charge in [-0.15, -0.1) is 0 Å². The molecule has 1 heterocycles. The van der Waals surface area contributed by atoms with Crippen molar-refractivity contribution in [2.75, 3.05) is 30.3 Å². The summed E-state index contributed by atoms with van der Waals surface area (Å²) in [7, 11) is 0. The van der Waals surface area contributed by atoms with Crippen LogP contribution in [0.5, 0.6) is 0 Å². The van der Waals surface area contributed by atoms with Crippen LogP contribution in [0.15, 0.2) is 18.2 Å². The van der Waals surface area contributed by atoms with E-state index >= 15 is 0 Å². The van der Waals surface area contributed by atoms with E-state index in [4.69, 9.17) is 10.8 Å². The minimum Gasteiger partial charge on any atom is -0.397 e. The molecule has 1 aromatic rings. The number of nitrogen functional groups attached to an aromatic ring is 1. The number of aliphatic hydroxyl groups excluding tert-OH is 1. The van der Waals surface area contributed by atoms with Crippen molar-refractivity contribution in [2.24, 2.45) is 5.92 Å². The van der Waals surface area contributed by atoms with Crippen LogP contribution in [0.1, 0.15) is 18.4 Å². The van der Waals surface area contributed by atoms with Gasteiger partial charge in [0.15, 0.2) is 0 Å². The van der Waals surface area contributed by atoms with E-state index in [1.54, 1.807) is 0 Å². The highest BCUT2D eigenvalue weighted by molar-refractivity contribution is 5.68. The molecule has 0 atom stereocenters. The maximum atomic E-state index is 12.5. The van der Waals surface area contributed by atoms with Crippen LogP contribution in [-0.4, -0.2) is 24.8 Å². The number of piperidine rings is 1. The Hall–Kier alpha value is -1.43. The van der Waals surface area contributed by atoms with Gasteiger partial charge >= 0.3 is 6.18 Å². The average Bonchev–Trinajstić information content (AvgIpc) is 2.38. The Balaban J connectivity index is 2.14. The van der Waals surface area contributed by atoms with Gasteiger partial charge in [0.2, 0.25) is 0 Å². The van der Waals surface area contributed by atoms with Gasteiger partial charge in [0, 0.05) is 19.7 Å². The van der Waals surface area contributed by atoms with Crippen molar-refractivity contribution >= 4 is 11.4 Å². The quantitative estimate of drug-likeness (QED) is 0.815. The lowest BCUT2D eigenvalue weighted by molar-refractivity contribution is -0.137. The topological polar surface area (TPSA) is 49.5 Å². The third kappa shape index (κ3) is 3.12. The van der Waals surface area contributed by atoms with E-state index in [0.717, 1.165) is 25.0 Å². The number of anilines is 2. The Kier molecular flexibility index (Phi) is 3.89. The molecule has 1 aromatic carbocycles. The molecule has 1 fully saturated rings. The standard InChI is InChI=1S/C13H17F3N2O/c14-13(15,16)10-1-2-12(11(17)7-10)18-5-3-9(8-19)4-6-18/h1-2,7,9,19H,3-6,8,17H2. The lowest BCUT2D eigenvalue weighted by Crippen LogP contribution is -2.35. The van der Waals surface area contributed by atoms with Crippen molar-refractivity contribution in [3.8, 4) is 0 Å².